The van der Waals surface area contributed by atoms with E-state index in [-0.39, 0.29) is 0 Å². The first-order chi connectivity index (χ1) is 31.7. The topological polar surface area (TPSA) is 29.5 Å². The maximum absolute atomic E-state index is 6.95. The van der Waals surface area contributed by atoms with Gasteiger partial charge in [0.1, 0.15) is 16.7 Å². The van der Waals surface area contributed by atoms with Gasteiger partial charge in [0.25, 0.3) is 0 Å². The zero-order chi connectivity index (χ0) is 41.9. The zero-order valence-corrected chi connectivity index (χ0v) is 34.6. The highest BCUT2D eigenvalue weighted by molar-refractivity contribution is 6.14. The molecule has 0 radical (unpaired) electrons. The SMILES string of the molecule is c1ccc(-c2ccc(N(c3ccc(-c4ccc5oc6c7c(ccc6c5c4)C4(c5ccccc5-c5ccccc54)c4ccccc4-7)cc3)c3cccc4c3oc3ccccc34)cc2)cc1. The van der Waals surface area contributed by atoms with E-state index in [1.807, 2.05) is 12.1 Å². The molecule has 3 heteroatoms. The van der Waals surface area contributed by atoms with E-state index in [1.54, 1.807) is 0 Å². The van der Waals surface area contributed by atoms with Gasteiger partial charge in [-0.05, 0) is 110 Å². The van der Waals surface area contributed by atoms with Gasteiger partial charge in [0.2, 0.25) is 0 Å². The number of hydrogen-bond acceptors (Lipinski definition) is 3. The van der Waals surface area contributed by atoms with Crippen molar-refractivity contribution in [2.45, 2.75) is 5.41 Å². The normalized spacial score (nSPS) is 13.1. The molecule has 14 rings (SSSR count). The van der Waals surface area contributed by atoms with Gasteiger partial charge in [-0.25, -0.2) is 0 Å². The summed E-state index contributed by atoms with van der Waals surface area (Å²) in [6, 6.07) is 81.1. The predicted octanol–water partition coefficient (Wildman–Crippen LogP) is 16.6. The molecule has 298 valence electrons. The van der Waals surface area contributed by atoms with Gasteiger partial charge in [-0.3, -0.25) is 0 Å². The molecule has 0 aliphatic heterocycles. The number of nitrogens with zero attached hydrogens (tertiary/aromatic N) is 1. The van der Waals surface area contributed by atoms with Crippen LogP contribution in [0.2, 0.25) is 0 Å². The third kappa shape index (κ3) is 4.81. The summed E-state index contributed by atoms with van der Waals surface area (Å²) >= 11 is 0. The van der Waals surface area contributed by atoms with E-state index in [4.69, 9.17) is 8.83 Å². The Morgan fingerprint density at radius 2 is 0.828 bits per heavy atom. The highest BCUT2D eigenvalue weighted by Gasteiger charge is 2.52. The number of para-hydroxylation sites is 2. The third-order valence-corrected chi connectivity index (χ3v) is 13.9. The molecule has 12 aromatic rings. The van der Waals surface area contributed by atoms with E-state index in [9.17, 15) is 0 Å². The van der Waals surface area contributed by atoms with Crippen LogP contribution in [0.15, 0.2) is 233 Å². The highest BCUT2D eigenvalue weighted by Crippen LogP contribution is 2.64. The fourth-order valence-corrected chi connectivity index (χ4v) is 11.2. The van der Waals surface area contributed by atoms with E-state index in [0.29, 0.717) is 0 Å². The lowest BCUT2D eigenvalue weighted by atomic mass is 9.70. The summed E-state index contributed by atoms with van der Waals surface area (Å²) in [5.41, 5.74) is 21.2. The molecule has 64 heavy (non-hydrogen) atoms. The van der Waals surface area contributed by atoms with Crippen LogP contribution in [-0.4, -0.2) is 0 Å². The van der Waals surface area contributed by atoms with Crippen molar-refractivity contribution in [2.75, 3.05) is 4.90 Å². The van der Waals surface area contributed by atoms with E-state index in [0.717, 1.165) is 72.1 Å². The van der Waals surface area contributed by atoms with Crippen LogP contribution in [0.1, 0.15) is 22.3 Å². The molecule has 0 unspecified atom stereocenters. The van der Waals surface area contributed by atoms with Crippen molar-refractivity contribution in [3.05, 3.63) is 247 Å². The lowest BCUT2D eigenvalue weighted by Crippen LogP contribution is -2.25. The molecular formula is C61H37NO2. The van der Waals surface area contributed by atoms with Gasteiger partial charge in [0, 0.05) is 38.5 Å². The molecular weight excluding hydrogens is 779 g/mol. The zero-order valence-electron chi connectivity index (χ0n) is 34.6. The van der Waals surface area contributed by atoms with Crippen LogP contribution in [0.25, 0.3) is 88.4 Å². The smallest absolute Gasteiger partial charge is 0.159 e. The Hall–Kier alpha value is -8.40. The maximum atomic E-state index is 6.95. The summed E-state index contributed by atoms with van der Waals surface area (Å²) in [5, 5.41) is 4.45. The Morgan fingerprint density at radius 1 is 0.312 bits per heavy atom. The molecule has 0 saturated heterocycles. The summed E-state index contributed by atoms with van der Waals surface area (Å²) in [5.74, 6) is 0. The molecule has 0 atom stereocenters. The number of rotatable bonds is 5. The van der Waals surface area contributed by atoms with Gasteiger partial charge in [-0.15, -0.1) is 0 Å². The van der Waals surface area contributed by atoms with Crippen LogP contribution in [0.3, 0.4) is 0 Å². The van der Waals surface area contributed by atoms with Gasteiger partial charge in [0.15, 0.2) is 5.58 Å². The predicted molar refractivity (Wildman–Crippen MR) is 263 cm³/mol. The van der Waals surface area contributed by atoms with Crippen molar-refractivity contribution in [1.82, 2.24) is 0 Å². The summed E-state index contributed by atoms with van der Waals surface area (Å²) in [4.78, 5) is 2.31. The highest BCUT2D eigenvalue weighted by atomic mass is 16.3. The van der Waals surface area contributed by atoms with Crippen LogP contribution in [0.5, 0.6) is 0 Å². The second-order valence-corrected chi connectivity index (χ2v) is 17.1. The lowest BCUT2D eigenvalue weighted by Gasteiger charge is -2.30. The summed E-state index contributed by atoms with van der Waals surface area (Å²) in [6.45, 7) is 0. The van der Waals surface area contributed by atoms with Crippen LogP contribution in [-0.2, 0) is 5.41 Å². The first-order valence-electron chi connectivity index (χ1n) is 22.0. The Bertz CT molecular complexity index is 3790. The molecule has 1 spiro atoms. The standard InChI is InChI=1S/C61H37NO2/c1-2-13-38(14-3-1)39-25-30-42(31-26-39)62(55-23-12-19-47-46-17-7-11-24-56(46)63-59(47)55)43-32-27-40(28-33-43)41-29-36-57-50(37-41)48-34-35-54-58(60(48)64-57)49-18-6-10-22-53(49)61(54)51-20-8-4-15-44(51)45-16-5-9-21-52(45)61/h1-37H. The molecule has 10 aromatic carbocycles. The minimum atomic E-state index is -0.410. The molecule has 2 heterocycles. The minimum Gasteiger partial charge on any atom is -0.455 e. The molecule has 0 fully saturated rings. The maximum Gasteiger partial charge on any atom is 0.159 e. The van der Waals surface area contributed by atoms with E-state index >= 15 is 0 Å². The number of anilines is 3. The third-order valence-electron chi connectivity index (χ3n) is 13.9. The summed E-state index contributed by atoms with van der Waals surface area (Å²) < 4.78 is 13.6. The monoisotopic (exact) mass is 815 g/mol. The van der Waals surface area contributed by atoms with Gasteiger partial charge in [-0.1, -0.05) is 176 Å². The molecule has 0 amide bonds. The number of benzene rings is 10. The molecule has 2 aromatic heterocycles. The second-order valence-electron chi connectivity index (χ2n) is 17.1. The molecule has 0 bridgehead atoms. The minimum absolute atomic E-state index is 0.410. The van der Waals surface area contributed by atoms with Crippen molar-refractivity contribution >= 4 is 60.9 Å². The van der Waals surface area contributed by atoms with Crippen molar-refractivity contribution < 1.29 is 8.83 Å². The molecule has 0 N–H and O–H groups in total. The van der Waals surface area contributed by atoms with Crippen LogP contribution >= 0.6 is 0 Å². The Morgan fingerprint density at radius 3 is 1.55 bits per heavy atom. The van der Waals surface area contributed by atoms with Gasteiger partial charge in [-0.2, -0.15) is 0 Å². The Kier molecular flexibility index (Phi) is 7.32. The van der Waals surface area contributed by atoms with E-state index < -0.39 is 5.41 Å². The average Bonchev–Trinajstić information content (AvgIpc) is 4.10. The van der Waals surface area contributed by atoms with Gasteiger partial charge < -0.3 is 13.7 Å². The largest absolute Gasteiger partial charge is 0.455 e. The summed E-state index contributed by atoms with van der Waals surface area (Å²) in [6.07, 6.45) is 0. The fourth-order valence-electron chi connectivity index (χ4n) is 11.2. The molecule has 2 aliphatic rings. The van der Waals surface area contributed by atoms with Crippen LogP contribution in [0.4, 0.5) is 17.1 Å². The van der Waals surface area contributed by atoms with Crippen molar-refractivity contribution in [3.63, 3.8) is 0 Å². The summed E-state index contributed by atoms with van der Waals surface area (Å²) in [7, 11) is 0. The van der Waals surface area contributed by atoms with Crippen LogP contribution < -0.4 is 4.90 Å². The van der Waals surface area contributed by atoms with Crippen molar-refractivity contribution in [3.8, 4) is 44.5 Å². The molecule has 2 aliphatic carbocycles. The first-order valence-corrected chi connectivity index (χ1v) is 22.0. The number of furan rings is 2. The first kappa shape index (κ1) is 35.2. The lowest BCUT2D eigenvalue weighted by molar-refractivity contribution is 0.668. The molecule has 0 saturated carbocycles. The van der Waals surface area contributed by atoms with Gasteiger partial charge in [0.05, 0.1) is 11.1 Å². The second kappa shape index (κ2) is 13.3. The quantitative estimate of drug-likeness (QED) is 0.173. The number of hydrogen-bond donors (Lipinski definition) is 0. The molecule has 3 nitrogen and oxygen atoms in total. The Balaban J connectivity index is 0.891. The van der Waals surface area contributed by atoms with E-state index in [1.165, 1.54) is 55.6 Å². The van der Waals surface area contributed by atoms with Crippen LogP contribution in [0, 0.1) is 0 Å². The Labute approximate surface area is 369 Å². The number of fused-ring (bicyclic) bond motifs is 17. The van der Waals surface area contributed by atoms with Crippen molar-refractivity contribution in [2.24, 2.45) is 0 Å². The van der Waals surface area contributed by atoms with Gasteiger partial charge >= 0.3 is 0 Å². The fraction of sp³-hybridized carbons (Fsp3) is 0.0164. The average molecular weight is 816 g/mol. The van der Waals surface area contributed by atoms with E-state index in [2.05, 4.69) is 217 Å². The van der Waals surface area contributed by atoms with Crippen molar-refractivity contribution in [1.29, 1.82) is 0 Å².